The third kappa shape index (κ3) is 4.32. The number of thiazole rings is 1. The monoisotopic (exact) mass is 269 g/mol. The number of aromatic nitrogens is 1. The van der Waals surface area contributed by atoms with Crippen molar-refractivity contribution < 1.29 is 0 Å². The molecule has 1 aromatic rings. The molecule has 1 aliphatic rings. The van der Waals surface area contributed by atoms with Gasteiger partial charge in [-0.15, -0.1) is 11.3 Å². The molecule has 17 heavy (non-hydrogen) atoms. The zero-order valence-electron chi connectivity index (χ0n) is 10.3. The molecule has 1 aliphatic heterocycles. The van der Waals surface area contributed by atoms with Crippen LogP contribution in [0.4, 0.5) is 0 Å². The summed E-state index contributed by atoms with van der Waals surface area (Å²) in [7, 11) is 0. The Morgan fingerprint density at radius 2 is 2.47 bits per heavy atom. The van der Waals surface area contributed by atoms with E-state index in [1.54, 1.807) is 11.3 Å². The normalized spacial score (nSPS) is 22.3. The van der Waals surface area contributed by atoms with Gasteiger partial charge in [0.05, 0.1) is 5.01 Å². The van der Waals surface area contributed by atoms with Gasteiger partial charge in [-0.1, -0.05) is 25.6 Å². The van der Waals surface area contributed by atoms with Crippen molar-refractivity contribution in [1.29, 1.82) is 0 Å². The third-order valence-corrected chi connectivity index (χ3v) is 4.50. The molecule has 2 heterocycles. The summed E-state index contributed by atoms with van der Waals surface area (Å²) < 4.78 is 0. The van der Waals surface area contributed by atoms with Crippen LogP contribution in [0.3, 0.4) is 0 Å². The second-order valence-corrected chi connectivity index (χ2v) is 6.63. The molecule has 0 bridgehead atoms. The highest BCUT2D eigenvalue weighted by molar-refractivity contribution is 8.14. The lowest BCUT2D eigenvalue weighted by Gasteiger charge is -2.11. The molecule has 1 aromatic heterocycles. The van der Waals surface area contributed by atoms with E-state index in [0.717, 1.165) is 29.8 Å². The Balaban J connectivity index is 1.72. The molecule has 0 amide bonds. The maximum Gasteiger partial charge on any atom is 0.156 e. The number of rotatable bonds is 5. The number of hydrogen-bond acceptors (Lipinski definition) is 4. The summed E-state index contributed by atoms with van der Waals surface area (Å²) in [5, 5.41) is 7.81. The number of amidine groups is 1. The zero-order valence-corrected chi connectivity index (χ0v) is 12.0. The van der Waals surface area contributed by atoms with Crippen LogP contribution in [0.2, 0.25) is 0 Å². The summed E-state index contributed by atoms with van der Waals surface area (Å²) in [5.74, 6) is 1.91. The van der Waals surface area contributed by atoms with Crippen molar-refractivity contribution >= 4 is 28.3 Å². The van der Waals surface area contributed by atoms with Gasteiger partial charge in [0.25, 0.3) is 0 Å². The van der Waals surface area contributed by atoms with Gasteiger partial charge < -0.3 is 5.32 Å². The number of thioether (sulfide) groups is 1. The minimum Gasteiger partial charge on any atom is -0.361 e. The van der Waals surface area contributed by atoms with Crippen molar-refractivity contribution in [3.63, 3.8) is 0 Å². The standard InChI is InChI=1S/C12H19N3S2/c1-9(2)7-10-8-17-12(15-10)14-4-3-11-13-5-6-16-11/h5-6,9-10H,3-4,7-8H2,1-2H3,(H,14,15). The number of aliphatic imine (C=N–C) groups is 1. The van der Waals surface area contributed by atoms with Crippen LogP contribution in [0.5, 0.6) is 0 Å². The second-order valence-electron chi connectivity index (χ2n) is 4.64. The van der Waals surface area contributed by atoms with Crippen LogP contribution in [0, 0.1) is 5.92 Å². The molecule has 94 valence electrons. The van der Waals surface area contributed by atoms with Crippen molar-refractivity contribution in [3.8, 4) is 0 Å². The van der Waals surface area contributed by atoms with Gasteiger partial charge in [0.2, 0.25) is 0 Å². The predicted molar refractivity (Wildman–Crippen MR) is 77.0 cm³/mol. The summed E-state index contributed by atoms with van der Waals surface area (Å²) in [4.78, 5) is 8.85. The minimum atomic E-state index is 0.610. The first kappa shape index (κ1) is 12.9. The minimum absolute atomic E-state index is 0.610. The van der Waals surface area contributed by atoms with Crippen LogP contribution in [-0.4, -0.2) is 28.5 Å². The summed E-state index contributed by atoms with van der Waals surface area (Å²) in [6.45, 7) is 5.38. The van der Waals surface area contributed by atoms with Crippen molar-refractivity contribution in [2.75, 3.05) is 12.3 Å². The van der Waals surface area contributed by atoms with Crippen LogP contribution in [0.1, 0.15) is 25.3 Å². The van der Waals surface area contributed by atoms with Crippen LogP contribution in [0.15, 0.2) is 16.6 Å². The van der Waals surface area contributed by atoms with E-state index >= 15 is 0 Å². The Morgan fingerprint density at radius 3 is 3.18 bits per heavy atom. The molecule has 0 aromatic carbocycles. The number of nitrogens with zero attached hydrogens (tertiary/aromatic N) is 2. The van der Waals surface area contributed by atoms with Gasteiger partial charge in [-0.2, -0.15) is 0 Å². The molecule has 3 nitrogen and oxygen atoms in total. The molecule has 0 saturated carbocycles. The first-order chi connectivity index (χ1) is 8.24. The lowest BCUT2D eigenvalue weighted by atomic mass is 10.1. The van der Waals surface area contributed by atoms with E-state index in [9.17, 15) is 0 Å². The summed E-state index contributed by atoms with van der Waals surface area (Å²) in [6.07, 6.45) is 4.05. The van der Waals surface area contributed by atoms with Crippen molar-refractivity contribution in [3.05, 3.63) is 16.6 Å². The predicted octanol–water partition coefficient (Wildman–Crippen LogP) is 2.79. The quantitative estimate of drug-likeness (QED) is 0.893. The molecule has 1 N–H and O–H groups in total. The van der Waals surface area contributed by atoms with E-state index in [0.29, 0.717) is 6.04 Å². The maximum absolute atomic E-state index is 4.59. The van der Waals surface area contributed by atoms with Gasteiger partial charge in [-0.05, 0) is 12.3 Å². The van der Waals surface area contributed by atoms with E-state index in [-0.39, 0.29) is 0 Å². The molecular formula is C12H19N3S2. The Hall–Kier alpha value is -0.550. The third-order valence-electron chi connectivity index (χ3n) is 2.57. The van der Waals surface area contributed by atoms with Gasteiger partial charge in [0.15, 0.2) is 5.17 Å². The van der Waals surface area contributed by atoms with E-state index < -0.39 is 0 Å². The Morgan fingerprint density at radius 1 is 1.59 bits per heavy atom. The topological polar surface area (TPSA) is 37.3 Å². The zero-order chi connectivity index (χ0) is 12.1. The highest BCUT2D eigenvalue weighted by Crippen LogP contribution is 2.19. The largest absolute Gasteiger partial charge is 0.361 e. The molecule has 1 unspecified atom stereocenters. The van der Waals surface area contributed by atoms with Gasteiger partial charge in [0, 0.05) is 36.3 Å². The molecule has 0 spiro atoms. The summed E-state index contributed by atoms with van der Waals surface area (Å²) in [5.41, 5.74) is 0. The van der Waals surface area contributed by atoms with E-state index in [1.165, 1.54) is 11.4 Å². The lowest BCUT2D eigenvalue weighted by Crippen LogP contribution is -2.28. The van der Waals surface area contributed by atoms with Crippen LogP contribution in [0.25, 0.3) is 0 Å². The molecule has 1 atom stereocenters. The average Bonchev–Trinajstić information content (AvgIpc) is 2.89. The molecule has 1 fully saturated rings. The Kier molecular flexibility index (Phi) is 4.86. The fourth-order valence-corrected chi connectivity index (χ4v) is 3.47. The van der Waals surface area contributed by atoms with Crippen molar-refractivity contribution in [2.24, 2.45) is 10.9 Å². The van der Waals surface area contributed by atoms with Gasteiger partial charge >= 0.3 is 0 Å². The first-order valence-corrected chi connectivity index (χ1v) is 7.92. The Labute approximate surface area is 111 Å². The Bertz CT molecular complexity index is 360. The molecule has 1 saturated heterocycles. The summed E-state index contributed by atoms with van der Waals surface area (Å²) in [6, 6.07) is 0.610. The molecular weight excluding hydrogens is 250 g/mol. The first-order valence-electron chi connectivity index (χ1n) is 6.06. The van der Waals surface area contributed by atoms with Crippen molar-refractivity contribution in [1.82, 2.24) is 10.3 Å². The van der Waals surface area contributed by atoms with E-state index in [2.05, 4.69) is 29.1 Å². The van der Waals surface area contributed by atoms with Crippen LogP contribution >= 0.6 is 23.1 Å². The van der Waals surface area contributed by atoms with Gasteiger partial charge in [-0.3, -0.25) is 4.99 Å². The number of hydrogen-bond donors (Lipinski definition) is 1. The van der Waals surface area contributed by atoms with Crippen molar-refractivity contribution in [2.45, 2.75) is 32.7 Å². The highest BCUT2D eigenvalue weighted by atomic mass is 32.2. The fourth-order valence-electron chi connectivity index (χ4n) is 1.85. The molecule has 0 radical (unpaired) electrons. The number of nitrogens with one attached hydrogen (secondary N) is 1. The SMILES string of the molecule is CC(C)CC1CSC(=NCCc2nccs2)N1. The molecule has 5 heteroatoms. The van der Waals surface area contributed by atoms with E-state index in [4.69, 9.17) is 0 Å². The smallest absolute Gasteiger partial charge is 0.156 e. The second kappa shape index (κ2) is 6.40. The van der Waals surface area contributed by atoms with E-state index in [1.807, 2.05) is 23.3 Å². The maximum atomic E-state index is 4.59. The lowest BCUT2D eigenvalue weighted by molar-refractivity contribution is 0.502. The highest BCUT2D eigenvalue weighted by Gasteiger charge is 2.20. The summed E-state index contributed by atoms with van der Waals surface area (Å²) >= 11 is 3.56. The van der Waals surface area contributed by atoms with Gasteiger partial charge in [-0.25, -0.2) is 4.98 Å². The molecule has 2 rings (SSSR count). The van der Waals surface area contributed by atoms with Crippen LogP contribution in [-0.2, 0) is 6.42 Å². The average molecular weight is 269 g/mol. The van der Waals surface area contributed by atoms with Gasteiger partial charge in [0.1, 0.15) is 0 Å². The molecule has 0 aliphatic carbocycles. The fraction of sp³-hybridized carbons (Fsp3) is 0.667. The van der Waals surface area contributed by atoms with Crippen LogP contribution < -0.4 is 5.32 Å².